The van der Waals surface area contributed by atoms with Crippen LogP contribution in [0.5, 0.6) is 5.75 Å². The Bertz CT molecular complexity index is 663. The van der Waals surface area contributed by atoms with E-state index in [0.29, 0.717) is 5.75 Å². The van der Waals surface area contributed by atoms with E-state index in [1.807, 2.05) is 48.5 Å². The molecule has 0 spiro atoms. The maximum Gasteiger partial charge on any atom is 0.121 e. The van der Waals surface area contributed by atoms with E-state index >= 15 is 0 Å². The number of para-hydroxylation sites is 1. The number of aromatic hydroxyl groups is 1. The molecule has 0 bridgehead atoms. The number of likely N-dealkylation sites (tertiary alicyclic amines) is 1. The molecule has 2 heteroatoms. The zero-order chi connectivity index (χ0) is 15.2. The van der Waals surface area contributed by atoms with Crippen LogP contribution >= 0.6 is 0 Å². The molecule has 2 aromatic carbocycles. The van der Waals surface area contributed by atoms with Gasteiger partial charge in [0.05, 0.1) is 0 Å². The van der Waals surface area contributed by atoms with E-state index in [4.69, 9.17) is 0 Å². The average molecular weight is 291 g/mol. The number of rotatable bonds is 2. The molecule has 0 aromatic heterocycles. The molecule has 3 rings (SSSR count). The minimum Gasteiger partial charge on any atom is -0.508 e. The summed E-state index contributed by atoms with van der Waals surface area (Å²) in [5.41, 5.74) is 1.92. The molecule has 0 radical (unpaired) electrons. The molecule has 0 unspecified atom stereocenters. The van der Waals surface area contributed by atoms with Crippen molar-refractivity contribution in [2.45, 2.75) is 25.3 Å². The Morgan fingerprint density at radius 1 is 0.864 bits per heavy atom. The maximum atomic E-state index is 10.2. The molecule has 0 amide bonds. The Kier molecular flexibility index (Phi) is 4.78. The third-order valence-electron chi connectivity index (χ3n) is 4.11. The maximum absolute atomic E-state index is 10.2. The Morgan fingerprint density at radius 2 is 1.55 bits per heavy atom. The third-order valence-corrected chi connectivity index (χ3v) is 4.11. The van der Waals surface area contributed by atoms with E-state index in [-0.39, 0.29) is 6.04 Å². The molecule has 2 nitrogen and oxygen atoms in total. The first kappa shape index (κ1) is 14.7. The Labute approximate surface area is 132 Å². The van der Waals surface area contributed by atoms with Gasteiger partial charge in [-0.15, -0.1) is 0 Å². The molecule has 1 saturated heterocycles. The quantitative estimate of drug-likeness (QED) is 0.846. The van der Waals surface area contributed by atoms with Crippen LogP contribution in [0.1, 0.15) is 36.4 Å². The lowest BCUT2D eigenvalue weighted by molar-refractivity contribution is 0.195. The fourth-order valence-corrected chi connectivity index (χ4v) is 2.93. The summed E-state index contributed by atoms with van der Waals surface area (Å²) in [6.45, 7) is 2.09. The predicted octanol–water partition coefficient (Wildman–Crippen LogP) is 3.97. The second kappa shape index (κ2) is 7.15. The summed E-state index contributed by atoms with van der Waals surface area (Å²) in [5, 5.41) is 10.2. The Hall–Kier alpha value is -2.24. The van der Waals surface area contributed by atoms with Crippen molar-refractivity contribution in [3.63, 3.8) is 0 Å². The van der Waals surface area contributed by atoms with E-state index in [1.54, 1.807) is 6.07 Å². The van der Waals surface area contributed by atoms with Crippen molar-refractivity contribution in [3.8, 4) is 17.6 Å². The summed E-state index contributed by atoms with van der Waals surface area (Å²) in [5.74, 6) is 6.98. The first-order valence-corrected chi connectivity index (χ1v) is 7.93. The van der Waals surface area contributed by atoms with Crippen LogP contribution in [-0.4, -0.2) is 23.1 Å². The van der Waals surface area contributed by atoms with Gasteiger partial charge in [0.2, 0.25) is 0 Å². The van der Waals surface area contributed by atoms with Crippen LogP contribution in [-0.2, 0) is 0 Å². The highest BCUT2D eigenvalue weighted by Crippen LogP contribution is 2.30. The number of piperidine rings is 1. The molecule has 1 atom stereocenters. The lowest BCUT2D eigenvalue weighted by Gasteiger charge is -2.32. The van der Waals surface area contributed by atoms with Crippen molar-refractivity contribution in [3.05, 3.63) is 65.7 Å². The van der Waals surface area contributed by atoms with Crippen LogP contribution in [0, 0.1) is 11.8 Å². The zero-order valence-corrected chi connectivity index (χ0v) is 12.7. The van der Waals surface area contributed by atoms with Crippen LogP contribution in [0.25, 0.3) is 0 Å². The Morgan fingerprint density at radius 3 is 2.27 bits per heavy atom. The molecule has 22 heavy (non-hydrogen) atoms. The topological polar surface area (TPSA) is 23.5 Å². The van der Waals surface area contributed by atoms with Crippen LogP contribution in [0.15, 0.2) is 54.6 Å². The first-order chi connectivity index (χ1) is 10.8. The van der Waals surface area contributed by atoms with Crippen LogP contribution < -0.4 is 0 Å². The smallest absolute Gasteiger partial charge is 0.121 e. The lowest BCUT2D eigenvalue weighted by Crippen LogP contribution is -2.33. The molecule has 1 N–H and O–H groups in total. The SMILES string of the molecule is Oc1ccccc1[C@H](C#Cc1ccccc1)N1CCCCC1. The molecule has 112 valence electrons. The summed E-state index contributed by atoms with van der Waals surface area (Å²) >= 11 is 0. The average Bonchev–Trinajstić information content (AvgIpc) is 2.58. The lowest BCUT2D eigenvalue weighted by atomic mass is 10.0. The molecule has 1 fully saturated rings. The first-order valence-electron chi connectivity index (χ1n) is 7.93. The second-order valence-corrected chi connectivity index (χ2v) is 5.69. The van der Waals surface area contributed by atoms with Crippen molar-refractivity contribution in [2.24, 2.45) is 0 Å². The van der Waals surface area contributed by atoms with Gasteiger partial charge in [-0.2, -0.15) is 0 Å². The van der Waals surface area contributed by atoms with Gasteiger partial charge in [-0.25, -0.2) is 0 Å². The highest BCUT2D eigenvalue weighted by atomic mass is 16.3. The molecule has 2 aromatic rings. The van der Waals surface area contributed by atoms with E-state index in [2.05, 4.69) is 16.7 Å². The van der Waals surface area contributed by atoms with E-state index in [9.17, 15) is 5.11 Å². The van der Waals surface area contributed by atoms with Gasteiger partial charge in [-0.05, 0) is 44.1 Å². The largest absolute Gasteiger partial charge is 0.508 e. The molecule has 1 heterocycles. The van der Waals surface area contributed by atoms with Crippen molar-refractivity contribution in [1.82, 2.24) is 4.90 Å². The number of nitrogens with zero attached hydrogens (tertiary/aromatic N) is 1. The van der Waals surface area contributed by atoms with Crippen molar-refractivity contribution < 1.29 is 5.11 Å². The highest BCUT2D eigenvalue weighted by Gasteiger charge is 2.22. The number of phenols is 1. The number of hydrogen-bond acceptors (Lipinski definition) is 2. The fraction of sp³-hybridized carbons (Fsp3) is 0.300. The van der Waals surface area contributed by atoms with Gasteiger partial charge in [0.15, 0.2) is 0 Å². The minimum absolute atomic E-state index is 0.0401. The van der Waals surface area contributed by atoms with Crippen molar-refractivity contribution in [2.75, 3.05) is 13.1 Å². The van der Waals surface area contributed by atoms with Crippen molar-refractivity contribution >= 4 is 0 Å². The molecule has 0 saturated carbocycles. The van der Waals surface area contributed by atoms with Gasteiger partial charge >= 0.3 is 0 Å². The van der Waals surface area contributed by atoms with Gasteiger partial charge in [-0.3, -0.25) is 4.90 Å². The molecular formula is C20H21NO. The molecule has 1 aliphatic heterocycles. The van der Waals surface area contributed by atoms with E-state index in [1.165, 1.54) is 19.3 Å². The van der Waals surface area contributed by atoms with Gasteiger partial charge in [-0.1, -0.05) is 54.7 Å². The predicted molar refractivity (Wildman–Crippen MR) is 89.6 cm³/mol. The monoisotopic (exact) mass is 291 g/mol. The third kappa shape index (κ3) is 3.50. The summed E-state index contributed by atoms with van der Waals surface area (Å²) in [6, 6.07) is 17.5. The molecule has 0 aliphatic carbocycles. The van der Waals surface area contributed by atoms with Crippen LogP contribution in [0.3, 0.4) is 0 Å². The van der Waals surface area contributed by atoms with Gasteiger partial charge in [0.25, 0.3) is 0 Å². The normalized spacial score (nSPS) is 16.5. The zero-order valence-electron chi connectivity index (χ0n) is 12.7. The van der Waals surface area contributed by atoms with E-state index in [0.717, 1.165) is 24.2 Å². The summed E-state index contributed by atoms with van der Waals surface area (Å²) in [7, 11) is 0. The van der Waals surface area contributed by atoms with Crippen LogP contribution in [0.2, 0.25) is 0 Å². The second-order valence-electron chi connectivity index (χ2n) is 5.69. The molecule has 1 aliphatic rings. The van der Waals surface area contributed by atoms with Gasteiger partial charge in [0.1, 0.15) is 11.8 Å². The van der Waals surface area contributed by atoms with Crippen molar-refractivity contribution in [1.29, 1.82) is 0 Å². The van der Waals surface area contributed by atoms with Gasteiger partial charge in [0, 0.05) is 11.1 Å². The number of benzene rings is 2. The molecular weight excluding hydrogens is 270 g/mol. The highest BCUT2D eigenvalue weighted by molar-refractivity contribution is 5.42. The number of hydrogen-bond donors (Lipinski definition) is 1. The fourth-order valence-electron chi connectivity index (χ4n) is 2.93. The summed E-state index contributed by atoms with van der Waals surface area (Å²) in [6.07, 6.45) is 3.70. The Balaban J connectivity index is 1.93. The summed E-state index contributed by atoms with van der Waals surface area (Å²) in [4.78, 5) is 2.38. The summed E-state index contributed by atoms with van der Waals surface area (Å²) < 4.78 is 0. The van der Waals surface area contributed by atoms with Crippen LogP contribution in [0.4, 0.5) is 0 Å². The standard InChI is InChI=1S/C20H21NO/c22-20-12-6-5-11-18(20)19(21-15-7-2-8-16-21)14-13-17-9-3-1-4-10-17/h1,3-6,9-12,19,22H,2,7-8,15-16H2/t19-/m0/s1. The number of phenolic OH excluding ortho intramolecular Hbond substituents is 1. The van der Waals surface area contributed by atoms with Gasteiger partial charge < -0.3 is 5.11 Å². The minimum atomic E-state index is -0.0401. The van der Waals surface area contributed by atoms with E-state index < -0.39 is 0 Å².